The van der Waals surface area contributed by atoms with Gasteiger partial charge in [0, 0.05) is 5.92 Å². The van der Waals surface area contributed by atoms with E-state index in [1.807, 2.05) is 0 Å². The molecule has 72 valence electrons. The minimum Gasteiger partial charge on any atom is -0.303 e. The van der Waals surface area contributed by atoms with Crippen LogP contribution in [0.5, 0.6) is 0 Å². The maximum Gasteiger partial charge on any atom is 0.123 e. The molecule has 1 atom stereocenters. The standard InChI is InChI=1S/C12H18O/c13-9-10-6-7-11-4-2-1-3-5-12(11)8-10/h9-10H,1-8H2. The predicted molar refractivity (Wildman–Crippen MR) is 53.5 cm³/mol. The zero-order valence-electron chi connectivity index (χ0n) is 8.22. The molecular formula is C12H18O. The Morgan fingerprint density at radius 3 is 2.54 bits per heavy atom. The van der Waals surface area contributed by atoms with Gasteiger partial charge in [-0.3, -0.25) is 0 Å². The number of allylic oxidation sites excluding steroid dienone is 2. The van der Waals surface area contributed by atoms with E-state index in [2.05, 4.69) is 0 Å². The molecule has 0 saturated heterocycles. The maximum atomic E-state index is 10.7. The van der Waals surface area contributed by atoms with Crippen molar-refractivity contribution in [3.8, 4) is 0 Å². The van der Waals surface area contributed by atoms with Crippen molar-refractivity contribution in [2.24, 2.45) is 5.92 Å². The summed E-state index contributed by atoms with van der Waals surface area (Å²) < 4.78 is 0. The fourth-order valence-electron chi connectivity index (χ4n) is 2.65. The molecule has 1 nitrogen and oxygen atoms in total. The topological polar surface area (TPSA) is 17.1 Å². The highest BCUT2D eigenvalue weighted by atomic mass is 16.1. The normalized spacial score (nSPS) is 29.4. The second kappa shape index (κ2) is 4.08. The molecule has 0 amide bonds. The Bertz CT molecular complexity index is 227. The minimum atomic E-state index is 0.344. The van der Waals surface area contributed by atoms with Gasteiger partial charge in [0.05, 0.1) is 0 Å². The Balaban J connectivity index is 2.09. The van der Waals surface area contributed by atoms with E-state index < -0.39 is 0 Å². The van der Waals surface area contributed by atoms with E-state index in [0.717, 1.165) is 19.1 Å². The van der Waals surface area contributed by atoms with Gasteiger partial charge in [-0.15, -0.1) is 0 Å². The smallest absolute Gasteiger partial charge is 0.123 e. The number of carbonyl (C=O) groups is 1. The number of carbonyl (C=O) groups excluding carboxylic acids is 1. The fraction of sp³-hybridized carbons (Fsp3) is 0.750. The van der Waals surface area contributed by atoms with Crippen LogP contribution in [0.1, 0.15) is 51.4 Å². The first kappa shape index (κ1) is 8.98. The van der Waals surface area contributed by atoms with E-state index in [0.29, 0.717) is 5.92 Å². The van der Waals surface area contributed by atoms with Crippen molar-refractivity contribution >= 4 is 6.29 Å². The quantitative estimate of drug-likeness (QED) is 0.445. The van der Waals surface area contributed by atoms with Crippen LogP contribution in [-0.2, 0) is 4.79 Å². The lowest BCUT2D eigenvalue weighted by Gasteiger charge is -2.22. The first-order valence-electron chi connectivity index (χ1n) is 5.55. The Labute approximate surface area is 80.2 Å². The van der Waals surface area contributed by atoms with Gasteiger partial charge in [0.2, 0.25) is 0 Å². The third-order valence-corrected chi connectivity index (χ3v) is 3.48. The van der Waals surface area contributed by atoms with E-state index in [1.54, 1.807) is 11.1 Å². The summed E-state index contributed by atoms with van der Waals surface area (Å²) in [4.78, 5) is 10.7. The summed E-state index contributed by atoms with van der Waals surface area (Å²) in [5, 5.41) is 0. The molecule has 0 spiro atoms. The molecule has 0 bridgehead atoms. The molecule has 2 aliphatic carbocycles. The van der Waals surface area contributed by atoms with E-state index in [-0.39, 0.29) is 0 Å². The molecule has 0 aromatic rings. The highest BCUT2D eigenvalue weighted by Crippen LogP contribution is 2.36. The first-order chi connectivity index (χ1) is 6.40. The largest absolute Gasteiger partial charge is 0.303 e. The van der Waals surface area contributed by atoms with Crippen LogP contribution in [-0.4, -0.2) is 6.29 Å². The molecule has 1 heteroatoms. The van der Waals surface area contributed by atoms with Crippen LogP contribution in [0, 0.1) is 5.92 Å². The Morgan fingerprint density at radius 1 is 1.00 bits per heavy atom. The van der Waals surface area contributed by atoms with Gasteiger partial charge in [-0.1, -0.05) is 17.6 Å². The average Bonchev–Trinajstić information content (AvgIpc) is 2.41. The van der Waals surface area contributed by atoms with E-state index in [4.69, 9.17) is 0 Å². The zero-order chi connectivity index (χ0) is 9.10. The maximum absolute atomic E-state index is 10.7. The van der Waals surface area contributed by atoms with Crippen LogP contribution >= 0.6 is 0 Å². The van der Waals surface area contributed by atoms with Gasteiger partial charge in [0.1, 0.15) is 6.29 Å². The molecule has 0 aromatic carbocycles. The van der Waals surface area contributed by atoms with E-state index in [9.17, 15) is 4.79 Å². The number of aldehydes is 1. The highest BCUT2D eigenvalue weighted by Gasteiger charge is 2.21. The molecule has 0 radical (unpaired) electrons. The summed E-state index contributed by atoms with van der Waals surface area (Å²) >= 11 is 0. The van der Waals surface area contributed by atoms with Crippen molar-refractivity contribution in [1.82, 2.24) is 0 Å². The molecule has 0 heterocycles. The van der Waals surface area contributed by atoms with Gasteiger partial charge in [0.15, 0.2) is 0 Å². The third-order valence-electron chi connectivity index (χ3n) is 3.48. The molecule has 13 heavy (non-hydrogen) atoms. The molecule has 0 saturated carbocycles. The fourth-order valence-corrected chi connectivity index (χ4v) is 2.65. The van der Waals surface area contributed by atoms with Crippen LogP contribution < -0.4 is 0 Å². The van der Waals surface area contributed by atoms with Gasteiger partial charge in [-0.05, 0) is 44.9 Å². The number of hydrogen-bond acceptors (Lipinski definition) is 1. The van der Waals surface area contributed by atoms with E-state index in [1.165, 1.54) is 38.5 Å². The molecular weight excluding hydrogens is 160 g/mol. The lowest BCUT2D eigenvalue weighted by atomic mass is 9.82. The second-order valence-corrected chi connectivity index (χ2v) is 4.41. The number of rotatable bonds is 1. The Morgan fingerprint density at radius 2 is 1.77 bits per heavy atom. The van der Waals surface area contributed by atoms with Crippen molar-refractivity contribution < 1.29 is 4.79 Å². The van der Waals surface area contributed by atoms with Crippen molar-refractivity contribution in [2.45, 2.75) is 51.4 Å². The second-order valence-electron chi connectivity index (χ2n) is 4.41. The van der Waals surface area contributed by atoms with Crippen LogP contribution in [0.25, 0.3) is 0 Å². The van der Waals surface area contributed by atoms with Gasteiger partial charge in [-0.2, -0.15) is 0 Å². The van der Waals surface area contributed by atoms with Crippen molar-refractivity contribution in [3.05, 3.63) is 11.1 Å². The summed E-state index contributed by atoms with van der Waals surface area (Å²) in [6.07, 6.45) is 11.3. The summed E-state index contributed by atoms with van der Waals surface area (Å²) in [6.45, 7) is 0. The predicted octanol–water partition coefficient (Wildman–Crippen LogP) is 3.25. The molecule has 1 unspecified atom stereocenters. The van der Waals surface area contributed by atoms with Gasteiger partial charge in [0.25, 0.3) is 0 Å². The molecule has 0 aromatic heterocycles. The van der Waals surface area contributed by atoms with Crippen LogP contribution in [0.15, 0.2) is 11.1 Å². The Kier molecular flexibility index (Phi) is 2.82. The van der Waals surface area contributed by atoms with Crippen LogP contribution in [0.3, 0.4) is 0 Å². The SMILES string of the molecule is O=CC1CCC2=C(CCCCC2)C1. The van der Waals surface area contributed by atoms with Crippen molar-refractivity contribution in [1.29, 1.82) is 0 Å². The van der Waals surface area contributed by atoms with Crippen LogP contribution in [0.2, 0.25) is 0 Å². The molecule has 2 rings (SSSR count). The van der Waals surface area contributed by atoms with Crippen molar-refractivity contribution in [2.75, 3.05) is 0 Å². The molecule has 0 N–H and O–H groups in total. The third kappa shape index (κ3) is 2.01. The van der Waals surface area contributed by atoms with Gasteiger partial charge >= 0.3 is 0 Å². The van der Waals surface area contributed by atoms with Crippen LogP contribution in [0.4, 0.5) is 0 Å². The molecule has 2 aliphatic rings. The van der Waals surface area contributed by atoms with E-state index >= 15 is 0 Å². The Hall–Kier alpha value is -0.590. The van der Waals surface area contributed by atoms with Gasteiger partial charge < -0.3 is 4.79 Å². The molecule has 0 fully saturated rings. The summed E-state index contributed by atoms with van der Waals surface area (Å²) in [5.41, 5.74) is 3.34. The average molecular weight is 178 g/mol. The zero-order valence-corrected chi connectivity index (χ0v) is 8.22. The summed E-state index contributed by atoms with van der Waals surface area (Å²) in [5.74, 6) is 0.344. The highest BCUT2D eigenvalue weighted by molar-refractivity contribution is 5.55. The molecule has 0 aliphatic heterocycles. The monoisotopic (exact) mass is 178 g/mol. The lowest BCUT2D eigenvalue weighted by molar-refractivity contribution is -0.111. The number of hydrogen-bond donors (Lipinski definition) is 0. The van der Waals surface area contributed by atoms with Crippen molar-refractivity contribution in [3.63, 3.8) is 0 Å². The summed E-state index contributed by atoms with van der Waals surface area (Å²) in [7, 11) is 0. The first-order valence-corrected chi connectivity index (χ1v) is 5.55. The van der Waals surface area contributed by atoms with Gasteiger partial charge in [-0.25, -0.2) is 0 Å². The minimum absolute atomic E-state index is 0.344. The summed E-state index contributed by atoms with van der Waals surface area (Å²) in [6, 6.07) is 0. The lowest BCUT2D eigenvalue weighted by Crippen LogP contribution is -2.11.